The highest BCUT2D eigenvalue weighted by molar-refractivity contribution is 8.18. The van der Waals surface area contributed by atoms with Crippen LogP contribution in [0, 0.1) is 5.92 Å². The lowest BCUT2D eigenvalue weighted by molar-refractivity contribution is -0.147. The Labute approximate surface area is 143 Å². The summed E-state index contributed by atoms with van der Waals surface area (Å²) in [6, 6.07) is 6.88. The van der Waals surface area contributed by atoms with E-state index < -0.39 is 17.1 Å². The number of halogens is 1. The van der Waals surface area contributed by atoms with Crippen molar-refractivity contribution in [3.63, 3.8) is 0 Å². The van der Waals surface area contributed by atoms with Crippen molar-refractivity contribution in [1.29, 1.82) is 0 Å². The van der Waals surface area contributed by atoms with Crippen LogP contribution in [-0.2, 0) is 14.3 Å². The van der Waals surface area contributed by atoms with Gasteiger partial charge in [0.05, 0.1) is 11.5 Å². The van der Waals surface area contributed by atoms with Crippen LogP contribution in [0.15, 0.2) is 29.2 Å². The zero-order valence-corrected chi connectivity index (χ0v) is 14.3. The number of nitrogens with zero attached hydrogens (tertiary/aromatic N) is 1. The van der Waals surface area contributed by atoms with Gasteiger partial charge in [0.1, 0.15) is 6.54 Å². The second kappa shape index (κ2) is 7.66. The van der Waals surface area contributed by atoms with Gasteiger partial charge in [0.15, 0.2) is 0 Å². The van der Waals surface area contributed by atoms with Crippen molar-refractivity contribution >= 4 is 46.6 Å². The fraction of sp³-hybridized carbons (Fsp3) is 0.312. The lowest BCUT2D eigenvalue weighted by Gasteiger charge is -2.12. The van der Waals surface area contributed by atoms with Gasteiger partial charge in [-0.25, -0.2) is 0 Å². The van der Waals surface area contributed by atoms with E-state index in [1.54, 1.807) is 30.3 Å². The lowest BCUT2D eigenvalue weighted by Crippen LogP contribution is -2.34. The second-order valence-corrected chi connectivity index (χ2v) is 6.83. The molecule has 0 saturated carbocycles. The molecule has 1 aromatic carbocycles. The number of carbonyl (C=O) groups excluding carboxylic acids is 3. The molecule has 122 valence electrons. The van der Waals surface area contributed by atoms with Crippen LogP contribution in [0.25, 0.3) is 6.08 Å². The third-order valence-electron chi connectivity index (χ3n) is 2.91. The molecule has 23 heavy (non-hydrogen) atoms. The molecule has 2 amide bonds. The quantitative estimate of drug-likeness (QED) is 0.598. The Bertz CT molecular complexity index is 655. The number of rotatable bonds is 5. The number of amides is 2. The van der Waals surface area contributed by atoms with Crippen molar-refractivity contribution in [2.45, 2.75) is 13.8 Å². The van der Waals surface area contributed by atoms with Gasteiger partial charge in [0.25, 0.3) is 11.1 Å². The van der Waals surface area contributed by atoms with Gasteiger partial charge in [-0.3, -0.25) is 19.3 Å². The minimum Gasteiger partial charge on any atom is -0.464 e. The number of hydrogen-bond donors (Lipinski definition) is 0. The summed E-state index contributed by atoms with van der Waals surface area (Å²) >= 11 is 6.61. The van der Waals surface area contributed by atoms with Crippen LogP contribution in [-0.4, -0.2) is 35.2 Å². The summed E-state index contributed by atoms with van der Waals surface area (Å²) in [5.41, 5.74) is 0.752. The predicted octanol–water partition coefficient (Wildman–Crippen LogP) is 3.58. The highest BCUT2D eigenvalue weighted by Gasteiger charge is 2.36. The van der Waals surface area contributed by atoms with E-state index in [1.165, 1.54) is 0 Å². The van der Waals surface area contributed by atoms with Gasteiger partial charge < -0.3 is 4.74 Å². The molecule has 1 heterocycles. The molecule has 1 aromatic rings. The molecule has 0 radical (unpaired) electrons. The topological polar surface area (TPSA) is 63.7 Å². The highest BCUT2D eigenvalue weighted by Crippen LogP contribution is 2.32. The molecular weight excluding hydrogens is 338 g/mol. The van der Waals surface area contributed by atoms with Crippen LogP contribution in [0.5, 0.6) is 0 Å². The SMILES string of the molecule is CC(C)COC(=O)CN1C(=O)SC(=Cc2ccc(Cl)cc2)C1=O. The molecule has 0 aliphatic carbocycles. The van der Waals surface area contributed by atoms with E-state index in [2.05, 4.69) is 0 Å². The Balaban J connectivity index is 2.04. The molecule has 1 fully saturated rings. The molecule has 0 bridgehead atoms. The van der Waals surface area contributed by atoms with E-state index in [0.29, 0.717) is 5.02 Å². The first-order valence-electron chi connectivity index (χ1n) is 7.03. The number of ether oxygens (including phenoxy) is 1. The third-order valence-corrected chi connectivity index (χ3v) is 4.07. The maximum atomic E-state index is 12.2. The van der Waals surface area contributed by atoms with Crippen LogP contribution < -0.4 is 0 Å². The maximum absolute atomic E-state index is 12.2. The van der Waals surface area contributed by atoms with Crippen molar-refractivity contribution in [3.05, 3.63) is 39.8 Å². The number of imide groups is 1. The first-order valence-corrected chi connectivity index (χ1v) is 8.23. The fourth-order valence-electron chi connectivity index (χ4n) is 1.78. The van der Waals surface area contributed by atoms with Gasteiger partial charge in [-0.2, -0.15) is 0 Å². The van der Waals surface area contributed by atoms with Crippen LogP contribution in [0.3, 0.4) is 0 Å². The largest absolute Gasteiger partial charge is 0.464 e. The van der Waals surface area contributed by atoms with Crippen LogP contribution in [0.4, 0.5) is 4.79 Å². The molecule has 5 nitrogen and oxygen atoms in total. The van der Waals surface area contributed by atoms with Crippen LogP contribution in [0.1, 0.15) is 19.4 Å². The van der Waals surface area contributed by atoms with E-state index in [0.717, 1.165) is 22.2 Å². The van der Waals surface area contributed by atoms with Crippen LogP contribution >= 0.6 is 23.4 Å². The second-order valence-electron chi connectivity index (χ2n) is 5.40. The average Bonchev–Trinajstić information content (AvgIpc) is 2.75. The Morgan fingerprint density at radius 2 is 1.96 bits per heavy atom. The number of thioether (sulfide) groups is 1. The smallest absolute Gasteiger partial charge is 0.326 e. The minimum atomic E-state index is -0.589. The molecule has 1 aliphatic heterocycles. The summed E-state index contributed by atoms with van der Waals surface area (Å²) in [6.45, 7) is 3.70. The lowest BCUT2D eigenvalue weighted by atomic mass is 10.2. The molecule has 0 N–H and O–H groups in total. The molecule has 1 aliphatic rings. The van der Waals surface area contributed by atoms with Crippen molar-refractivity contribution in [1.82, 2.24) is 4.90 Å². The summed E-state index contributed by atoms with van der Waals surface area (Å²) in [4.78, 5) is 37.0. The summed E-state index contributed by atoms with van der Waals surface area (Å²) in [6.07, 6.45) is 1.60. The van der Waals surface area contributed by atoms with Gasteiger partial charge >= 0.3 is 5.97 Å². The third kappa shape index (κ3) is 4.84. The van der Waals surface area contributed by atoms with Crippen molar-refractivity contribution in [3.8, 4) is 0 Å². The molecule has 2 rings (SSSR count). The minimum absolute atomic E-state index is 0.193. The van der Waals surface area contributed by atoms with E-state index in [1.807, 2.05) is 13.8 Å². The van der Waals surface area contributed by atoms with Crippen LogP contribution in [0.2, 0.25) is 5.02 Å². The number of esters is 1. The predicted molar refractivity (Wildman–Crippen MR) is 89.9 cm³/mol. The molecule has 7 heteroatoms. The molecule has 0 unspecified atom stereocenters. The van der Waals surface area contributed by atoms with Gasteiger partial charge in [-0.1, -0.05) is 37.6 Å². The zero-order chi connectivity index (χ0) is 17.0. The van der Waals surface area contributed by atoms with E-state index in [9.17, 15) is 14.4 Å². The Kier molecular flexibility index (Phi) is 5.85. The number of carbonyl (C=O) groups is 3. The van der Waals surface area contributed by atoms with Gasteiger partial charge in [0.2, 0.25) is 0 Å². The standard InChI is InChI=1S/C16H16ClNO4S/c1-10(2)9-22-14(19)8-18-15(20)13(23-16(18)21)7-11-3-5-12(17)6-4-11/h3-7,10H,8-9H2,1-2H3. The van der Waals surface area contributed by atoms with Crippen molar-refractivity contribution in [2.24, 2.45) is 5.92 Å². The van der Waals surface area contributed by atoms with E-state index >= 15 is 0 Å². The van der Waals surface area contributed by atoms with Gasteiger partial charge in [0, 0.05) is 5.02 Å². The molecular formula is C16H16ClNO4S. The van der Waals surface area contributed by atoms with E-state index in [4.69, 9.17) is 16.3 Å². The summed E-state index contributed by atoms with van der Waals surface area (Å²) in [5.74, 6) is -0.885. The molecule has 1 saturated heterocycles. The van der Waals surface area contributed by atoms with E-state index in [-0.39, 0.29) is 24.0 Å². The highest BCUT2D eigenvalue weighted by atomic mass is 35.5. The number of benzene rings is 1. The Morgan fingerprint density at radius 1 is 1.30 bits per heavy atom. The average molecular weight is 354 g/mol. The molecule has 0 spiro atoms. The van der Waals surface area contributed by atoms with Crippen molar-refractivity contribution in [2.75, 3.05) is 13.2 Å². The molecule has 0 atom stereocenters. The Morgan fingerprint density at radius 3 is 2.57 bits per heavy atom. The Hall–Kier alpha value is -1.79. The maximum Gasteiger partial charge on any atom is 0.326 e. The van der Waals surface area contributed by atoms with Crippen molar-refractivity contribution < 1.29 is 19.1 Å². The monoisotopic (exact) mass is 353 g/mol. The first-order chi connectivity index (χ1) is 10.9. The summed E-state index contributed by atoms with van der Waals surface area (Å²) < 4.78 is 5.00. The summed E-state index contributed by atoms with van der Waals surface area (Å²) in [7, 11) is 0. The van der Waals surface area contributed by atoms with Gasteiger partial charge in [-0.15, -0.1) is 0 Å². The normalized spacial score (nSPS) is 16.5. The summed E-state index contributed by atoms with van der Waals surface area (Å²) in [5, 5.41) is 0.111. The molecule has 0 aromatic heterocycles. The first kappa shape index (κ1) is 17.6. The fourth-order valence-corrected chi connectivity index (χ4v) is 2.75. The zero-order valence-electron chi connectivity index (χ0n) is 12.7. The van der Waals surface area contributed by atoms with Gasteiger partial charge in [-0.05, 0) is 41.5 Å². The number of hydrogen-bond acceptors (Lipinski definition) is 5.